The van der Waals surface area contributed by atoms with Gasteiger partial charge >= 0.3 is 0 Å². The van der Waals surface area contributed by atoms with Gasteiger partial charge < -0.3 is 5.11 Å². The molecule has 8 nitrogen and oxygen atoms in total. The smallest absolute Gasteiger partial charge is 0.260 e. The number of carbonyl (C=O) groups is 4. The number of hydrogen-bond acceptors (Lipinski definition) is 6. The number of carbonyl (C=O) groups excluding carboxylic acids is 4. The average Bonchev–Trinajstić information content (AvgIpc) is 3.47. The molecule has 0 aromatic heterocycles. The van der Waals surface area contributed by atoms with Crippen molar-refractivity contribution in [1.82, 2.24) is 9.91 Å². The summed E-state index contributed by atoms with van der Waals surface area (Å²) in [5.74, 6) is -4.45. The van der Waals surface area contributed by atoms with Crippen molar-refractivity contribution in [3.05, 3.63) is 119 Å². The maximum Gasteiger partial charge on any atom is 0.260 e. The number of phenolic OH excluding ortho intramolecular Hbond substituents is 1. The number of hydrogen-bond donors (Lipinski definition) is 2. The van der Waals surface area contributed by atoms with E-state index in [1.165, 1.54) is 4.90 Å². The number of nitrogens with zero attached hydrogens (tertiary/aromatic N) is 2. The van der Waals surface area contributed by atoms with E-state index in [2.05, 4.69) is 5.43 Å². The molecule has 2 aliphatic carbocycles. The van der Waals surface area contributed by atoms with Gasteiger partial charge in [0.15, 0.2) is 0 Å². The molecule has 0 spiro atoms. The van der Waals surface area contributed by atoms with Crippen molar-refractivity contribution < 1.29 is 24.3 Å². The van der Waals surface area contributed by atoms with Gasteiger partial charge in [-0.15, -0.1) is 0 Å². The molecule has 2 heterocycles. The highest BCUT2D eigenvalue weighted by Crippen LogP contribution is 2.65. The zero-order valence-corrected chi connectivity index (χ0v) is 26.9. The summed E-state index contributed by atoms with van der Waals surface area (Å²) in [6, 6.07) is 28.1. The SMILES string of the molecule is CCCN1C(=O)[C@H]2[C@H](CC=C3[C@H]2C[C@H]2C(=O)N(Nc4ccc(C)cc4)C(=O)[C@@]2(c2ccccc2)[C@H]3c2c(O)ccc3ccccc23)C1=O. The number of rotatable bonds is 6. The second kappa shape index (κ2) is 11.2. The summed E-state index contributed by atoms with van der Waals surface area (Å²) in [5, 5.41) is 14.6. The van der Waals surface area contributed by atoms with Crippen LogP contribution in [0, 0.1) is 30.6 Å². The van der Waals surface area contributed by atoms with E-state index < -0.39 is 46.8 Å². The number of likely N-dealkylation sites (tertiary alicyclic amines) is 1. The molecule has 6 atom stereocenters. The van der Waals surface area contributed by atoms with Crippen molar-refractivity contribution in [3.8, 4) is 5.75 Å². The van der Waals surface area contributed by atoms with E-state index in [9.17, 15) is 19.5 Å². The lowest BCUT2D eigenvalue weighted by Gasteiger charge is -2.51. The predicted octanol–water partition coefficient (Wildman–Crippen LogP) is 6.25. The summed E-state index contributed by atoms with van der Waals surface area (Å²) in [7, 11) is 0. The van der Waals surface area contributed by atoms with Crippen molar-refractivity contribution in [3.63, 3.8) is 0 Å². The minimum absolute atomic E-state index is 0.0167. The number of fused-ring (bicyclic) bond motifs is 5. The van der Waals surface area contributed by atoms with Gasteiger partial charge in [-0.2, -0.15) is 5.01 Å². The first-order valence-electron chi connectivity index (χ1n) is 16.8. The van der Waals surface area contributed by atoms with Gasteiger partial charge in [0, 0.05) is 18.0 Å². The second-order valence-corrected chi connectivity index (χ2v) is 13.6. The van der Waals surface area contributed by atoms with E-state index in [-0.39, 0.29) is 24.0 Å². The van der Waals surface area contributed by atoms with Crippen molar-refractivity contribution in [2.45, 2.75) is 44.4 Å². The normalized spacial score (nSPS) is 28.0. The number of aryl methyl sites for hydroxylation is 1. The summed E-state index contributed by atoms with van der Waals surface area (Å²) >= 11 is 0. The zero-order chi connectivity index (χ0) is 33.3. The highest BCUT2D eigenvalue weighted by molar-refractivity contribution is 6.13. The van der Waals surface area contributed by atoms with Gasteiger partial charge in [0.1, 0.15) is 5.75 Å². The highest BCUT2D eigenvalue weighted by atomic mass is 16.3. The maximum atomic E-state index is 15.3. The van der Waals surface area contributed by atoms with Crippen LogP contribution in [0.3, 0.4) is 0 Å². The van der Waals surface area contributed by atoms with Gasteiger partial charge in [0.05, 0.1) is 28.9 Å². The Morgan fingerprint density at radius 3 is 2.31 bits per heavy atom. The molecule has 0 radical (unpaired) electrons. The van der Waals surface area contributed by atoms with Crippen LogP contribution in [-0.4, -0.2) is 45.2 Å². The first-order chi connectivity index (χ1) is 23.3. The molecule has 48 heavy (non-hydrogen) atoms. The Hall–Kier alpha value is -5.24. The van der Waals surface area contributed by atoms with Gasteiger partial charge in [-0.3, -0.25) is 29.5 Å². The van der Waals surface area contributed by atoms with Crippen LogP contribution in [0.1, 0.15) is 48.8 Å². The standard InChI is InChI=1S/C40H37N3O5/c1-3-21-42-36(45)29-19-18-28-30(33(29)38(42)47)22-31-37(46)43(41-26-16-13-23(2)14-17-26)39(48)40(31,25-10-5-4-6-11-25)35(28)34-27-12-8-7-9-24(27)15-20-32(34)44/h4-18,20,29-31,33,35,41,44H,3,19,21-22H2,1-2H3/t29-,30+,31-,33-,35+,40+/m0/s1. The van der Waals surface area contributed by atoms with Crippen molar-refractivity contribution in [1.29, 1.82) is 0 Å². The molecule has 2 aliphatic heterocycles. The van der Waals surface area contributed by atoms with Crippen LogP contribution in [0.4, 0.5) is 5.69 Å². The minimum Gasteiger partial charge on any atom is -0.508 e. The van der Waals surface area contributed by atoms with Crippen LogP contribution in [-0.2, 0) is 24.6 Å². The fourth-order valence-electron chi connectivity index (χ4n) is 9.16. The first kappa shape index (κ1) is 30.1. The van der Waals surface area contributed by atoms with Gasteiger partial charge in [0.25, 0.3) is 11.8 Å². The molecular formula is C40H37N3O5. The lowest BCUT2D eigenvalue weighted by Crippen LogP contribution is -2.53. The zero-order valence-electron chi connectivity index (χ0n) is 26.9. The second-order valence-electron chi connectivity index (χ2n) is 13.6. The number of anilines is 1. The van der Waals surface area contributed by atoms with Gasteiger partial charge in [-0.25, -0.2) is 0 Å². The summed E-state index contributed by atoms with van der Waals surface area (Å²) in [4.78, 5) is 59.2. The summed E-state index contributed by atoms with van der Waals surface area (Å²) in [6.45, 7) is 4.26. The highest BCUT2D eigenvalue weighted by Gasteiger charge is 2.70. The van der Waals surface area contributed by atoms with Crippen molar-refractivity contribution in [2.75, 3.05) is 12.0 Å². The third kappa shape index (κ3) is 4.14. The van der Waals surface area contributed by atoms with Crippen LogP contribution in [0.5, 0.6) is 5.75 Å². The molecule has 3 fully saturated rings. The van der Waals surface area contributed by atoms with Crippen LogP contribution < -0.4 is 5.43 Å². The molecule has 4 aliphatic rings. The van der Waals surface area contributed by atoms with Crippen LogP contribution in [0.2, 0.25) is 0 Å². The Bertz CT molecular complexity index is 2020. The van der Waals surface area contributed by atoms with E-state index in [1.807, 2.05) is 105 Å². The number of hydrazine groups is 1. The Morgan fingerprint density at radius 1 is 0.833 bits per heavy atom. The van der Waals surface area contributed by atoms with E-state index >= 15 is 4.79 Å². The molecule has 1 saturated carbocycles. The summed E-state index contributed by atoms with van der Waals surface area (Å²) < 4.78 is 0. The number of nitrogens with one attached hydrogen (secondary N) is 1. The monoisotopic (exact) mass is 639 g/mol. The Balaban J connectivity index is 1.40. The Morgan fingerprint density at radius 2 is 1.56 bits per heavy atom. The maximum absolute atomic E-state index is 15.3. The number of allylic oxidation sites excluding steroid dienone is 2. The van der Waals surface area contributed by atoms with E-state index in [4.69, 9.17) is 0 Å². The molecule has 4 aromatic carbocycles. The van der Waals surface area contributed by atoms with E-state index in [1.54, 1.807) is 6.07 Å². The molecule has 242 valence electrons. The van der Waals surface area contributed by atoms with Crippen LogP contribution >= 0.6 is 0 Å². The number of aromatic hydroxyl groups is 1. The molecule has 0 bridgehead atoms. The van der Waals surface area contributed by atoms with E-state index in [0.29, 0.717) is 36.2 Å². The van der Waals surface area contributed by atoms with Gasteiger partial charge in [0.2, 0.25) is 11.8 Å². The lowest BCUT2D eigenvalue weighted by atomic mass is 9.48. The Labute approximate surface area is 279 Å². The lowest BCUT2D eigenvalue weighted by molar-refractivity contribution is -0.141. The quantitative estimate of drug-likeness (QED) is 0.191. The topological polar surface area (TPSA) is 107 Å². The Kier molecular flexibility index (Phi) is 7.02. The number of amides is 4. The summed E-state index contributed by atoms with van der Waals surface area (Å²) in [5.41, 5.74) is 5.38. The summed E-state index contributed by atoms with van der Waals surface area (Å²) in [6.07, 6.45) is 3.26. The van der Waals surface area contributed by atoms with Crippen LogP contribution in [0.25, 0.3) is 10.8 Å². The molecule has 0 unspecified atom stereocenters. The largest absolute Gasteiger partial charge is 0.508 e. The molecule has 4 aromatic rings. The molecule has 8 heteroatoms. The van der Waals surface area contributed by atoms with Gasteiger partial charge in [-0.05, 0) is 66.6 Å². The molecule has 2 N–H and O–H groups in total. The minimum atomic E-state index is -1.44. The molecule has 8 rings (SSSR count). The molecule has 4 amide bonds. The third-order valence-electron chi connectivity index (χ3n) is 11.2. The van der Waals surface area contributed by atoms with E-state index in [0.717, 1.165) is 26.9 Å². The molecule has 2 saturated heterocycles. The number of imide groups is 2. The average molecular weight is 640 g/mol. The van der Waals surface area contributed by atoms with Crippen molar-refractivity contribution in [2.24, 2.45) is 23.7 Å². The van der Waals surface area contributed by atoms with Crippen LogP contribution in [0.15, 0.2) is 103 Å². The fourth-order valence-corrected chi connectivity index (χ4v) is 9.16. The predicted molar refractivity (Wildman–Crippen MR) is 181 cm³/mol. The van der Waals surface area contributed by atoms with Crippen molar-refractivity contribution >= 4 is 40.1 Å². The fraction of sp³-hybridized carbons (Fsp3) is 0.300. The third-order valence-corrected chi connectivity index (χ3v) is 11.2. The number of benzene rings is 4. The number of phenols is 1. The molecular weight excluding hydrogens is 602 g/mol. The first-order valence-corrected chi connectivity index (χ1v) is 16.8. The van der Waals surface area contributed by atoms with Gasteiger partial charge in [-0.1, -0.05) is 96.9 Å².